The Balaban J connectivity index is 1.72. The van der Waals surface area contributed by atoms with Crippen molar-refractivity contribution in [3.05, 3.63) is 18.2 Å². The SMILES string of the molecule is Nc1ccc2oc(N3CCCC4CCCC43)nc2c1. The fraction of sp³-hybridized carbons (Fsp3) is 0.533. The van der Waals surface area contributed by atoms with Gasteiger partial charge in [-0.25, -0.2) is 0 Å². The van der Waals surface area contributed by atoms with Gasteiger partial charge in [0.1, 0.15) is 5.52 Å². The maximum absolute atomic E-state index is 5.93. The van der Waals surface area contributed by atoms with Crippen molar-refractivity contribution in [1.29, 1.82) is 0 Å². The Morgan fingerprint density at radius 2 is 2.11 bits per heavy atom. The number of rotatable bonds is 1. The number of hydrogen-bond acceptors (Lipinski definition) is 4. The normalized spacial score (nSPS) is 26.8. The minimum Gasteiger partial charge on any atom is -0.423 e. The summed E-state index contributed by atoms with van der Waals surface area (Å²) in [5, 5.41) is 0. The molecule has 2 aromatic rings. The van der Waals surface area contributed by atoms with Crippen molar-refractivity contribution in [1.82, 2.24) is 4.98 Å². The monoisotopic (exact) mass is 257 g/mol. The molecule has 1 aliphatic carbocycles. The summed E-state index contributed by atoms with van der Waals surface area (Å²) in [6.07, 6.45) is 6.62. The molecule has 4 rings (SSSR count). The molecule has 0 amide bonds. The molecule has 0 spiro atoms. The highest BCUT2D eigenvalue weighted by atomic mass is 16.4. The summed E-state index contributed by atoms with van der Waals surface area (Å²) < 4.78 is 5.93. The molecule has 4 heteroatoms. The van der Waals surface area contributed by atoms with Crippen molar-refractivity contribution in [3.63, 3.8) is 0 Å². The second-order valence-electron chi connectivity index (χ2n) is 5.82. The average molecular weight is 257 g/mol. The highest BCUT2D eigenvalue weighted by molar-refractivity contribution is 5.78. The zero-order valence-electron chi connectivity index (χ0n) is 11.0. The van der Waals surface area contributed by atoms with Crippen molar-refractivity contribution in [2.24, 2.45) is 5.92 Å². The predicted molar refractivity (Wildman–Crippen MR) is 76.1 cm³/mol. The summed E-state index contributed by atoms with van der Waals surface area (Å²) in [7, 11) is 0. The third-order valence-electron chi connectivity index (χ3n) is 4.64. The average Bonchev–Trinajstić information content (AvgIpc) is 3.03. The molecular formula is C15H19N3O. The van der Waals surface area contributed by atoms with Crippen LogP contribution in [0.4, 0.5) is 11.7 Å². The van der Waals surface area contributed by atoms with Gasteiger partial charge in [0.05, 0.1) is 0 Å². The summed E-state index contributed by atoms with van der Waals surface area (Å²) in [4.78, 5) is 7.02. The molecule has 2 aliphatic rings. The van der Waals surface area contributed by atoms with E-state index in [9.17, 15) is 0 Å². The highest BCUT2D eigenvalue weighted by Gasteiger charge is 2.36. The van der Waals surface area contributed by atoms with Gasteiger partial charge in [0, 0.05) is 18.3 Å². The van der Waals surface area contributed by atoms with E-state index < -0.39 is 0 Å². The number of hydrogen-bond donors (Lipinski definition) is 1. The molecular weight excluding hydrogens is 238 g/mol. The molecule has 1 aliphatic heterocycles. The van der Waals surface area contributed by atoms with Gasteiger partial charge in [-0.3, -0.25) is 0 Å². The first-order valence-electron chi connectivity index (χ1n) is 7.24. The van der Waals surface area contributed by atoms with Crippen LogP contribution in [0, 0.1) is 5.92 Å². The number of benzene rings is 1. The molecule has 2 heterocycles. The van der Waals surface area contributed by atoms with Gasteiger partial charge in [-0.15, -0.1) is 0 Å². The lowest BCUT2D eigenvalue weighted by Crippen LogP contribution is -2.42. The number of nitrogens with two attached hydrogens (primary N) is 1. The number of nitrogens with zero attached hydrogens (tertiary/aromatic N) is 2. The lowest BCUT2D eigenvalue weighted by Gasteiger charge is -2.36. The Morgan fingerprint density at radius 3 is 3.05 bits per heavy atom. The summed E-state index contributed by atoms with van der Waals surface area (Å²) in [6, 6.07) is 7.10. The summed E-state index contributed by atoms with van der Waals surface area (Å²) in [5.41, 5.74) is 8.25. The van der Waals surface area contributed by atoms with Gasteiger partial charge in [0.15, 0.2) is 5.58 Å². The van der Waals surface area contributed by atoms with Crippen LogP contribution in [0.5, 0.6) is 0 Å². The van der Waals surface area contributed by atoms with E-state index in [1.54, 1.807) is 0 Å². The first kappa shape index (κ1) is 11.1. The van der Waals surface area contributed by atoms with Crippen LogP contribution in [0.1, 0.15) is 32.1 Å². The van der Waals surface area contributed by atoms with Gasteiger partial charge in [0.2, 0.25) is 0 Å². The molecule has 1 aromatic carbocycles. The first-order chi connectivity index (χ1) is 9.31. The smallest absolute Gasteiger partial charge is 0.298 e. The number of nitrogen functional groups attached to an aromatic ring is 1. The molecule has 1 saturated heterocycles. The Bertz CT molecular complexity index is 606. The molecule has 1 saturated carbocycles. The van der Waals surface area contributed by atoms with Gasteiger partial charge >= 0.3 is 0 Å². The standard InChI is InChI=1S/C15H19N3O/c16-11-6-7-14-12(9-11)17-15(19-14)18-8-2-4-10-3-1-5-13(10)18/h6-7,9-10,13H,1-5,8,16H2. The van der Waals surface area contributed by atoms with E-state index in [4.69, 9.17) is 10.2 Å². The van der Waals surface area contributed by atoms with Crippen LogP contribution < -0.4 is 10.6 Å². The quantitative estimate of drug-likeness (QED) is 0.797. The van der Waals surface area contributed by atoms with E-state index in [-0.39, 0.29) is 0 Å². The van der Waals surface area contributed by atoms with Crippen LogP contribution in [0.3, 0.4) is 0 Å². The summed E-state index contributed by atoms with van der Waals surface area (Å²) in [5.74, 6) is 0.842. The Labute approximate surface area is 112 Å². The number of aromatic nitrogens is 1. The Hall–Kier alpha value is -1.71. The van der Waals surface area contributed by atoms with Gasteiger partial charge in [-0.2, -0.15) is 4.98 Å². The minimum absolute atomic E-state index is 0.638. The van der Waals surface area contributed by atoms with Crippen LogP contribution in [0.2, 0.25) is 0 Å². The molecule has 100 valence electrons. The molecule has 2 fully saturated rings. The van der Waals surface area contributed by atoms with E-state index in [0.29, 0.717) is 6.04 Å². The van der Waals surface area contributed by atoms with Crippen LogP contribution in [-0.2, 0) is 0 Å². The van der Waals surface area contributed by atoms with Gasteiger partial charge in [0.25, 0.3) is 6.01 Å². The van der Waals surface area contributed by atoms with Crippen molar-refractivity contribution < 1.29 is 4.42 Å². The number of fused-ring (bicyclic) bond motifs is 2. The fourth-order valence-electron chi connectivity index (χ4n) is 3.75. The third-order valence-corrected chi connectivity index (χ3v) is 4.64. The first-order valence-corrected chi connectivity index (χ1v) is 7.24. The number of oxazole rings is 1. The fourth-order valence-corrected chi connectivity index (χ4v) is 3.75. The largest absolute Gasteiger partial charge is 0.423 e. The highest BCUT2D eigenvalue weighted by Crippen LogP contribution is 2.39. The topological polar surface area (TPSA) is 55.3 Å². The van der Waals surface area contributed by atoms with Crippen LogP contribution in [-0.4, -0.2) is 17.6 Å². The molecule has 4 nitrogen and oxygen atoms in total. The zero-order valence-corrected chi connectivity index (χ0v) is 11.0. The molecule has 2 atom stereocenters. The summed E-state index contributed by atoms with van der Waals surface area (Å²) in [6.45, 7) is 1.07. The Morgan fingerprint density at radius 1 is 1.21 bits per heavy atom. The molecule has 19 heavy (non-hydrogen) atoms. The van der Waals surface area contributed by atoms with Gasteiger partial charge < -0.3 is 15.1 Å². The van der Waals surface area contributed by atoms with E-state index in [1.807, 2.05) is 18.2 Å². The van der Waals surface area contributed by atoms with Crippen molar-refractivity contribution in [2.45, 2.75) is 38.1 Å². The zero-order chi connectivity index (χ0) is 12.8. The van der Waals surface area contributed by atoms with Crippen LogP contribution in [0.25, 0.3) is 11.1 Å². The third kappa shape index (κ3) is 1.78. The maximum Gasteiger partial charge on any atom is 0.298 e. The van der Waals surface area contributed by atoms with Crippen molar-refractivity contribution in [2.75, 3.05) is 17.2 Å². The van der Waals surface area contributed by atoms with Crippen molar-refractivity contribution in [3.8, 4) is 0 Å². The van der Waals surface area contributed by atoms with Gasteiger partial charge in [-0.1, -0.05) is 6.42 Å². The minimum atomic E-state index is 0.638. The second kappa shape index (κ2) is 4.15. The molecule has 0 bridgehead atoms. The van der Waals surface area contributed by atoms with Crippen LogP contribution >= 0.6 is 0 Å². The lowest BCUT2D eigenvalue weighted by molar-refractivity contribution is 0.345. The van der Waals surface area contributed by atoms with E-state index >= 15 is 0 Å². The number of anilines is 2. The molecule has 1 aromatic heterocycles. The molecule has 2 N–H and O–H groups in total. The lowest BCUT2D eigenvalue weighted by atomic mass is 9.92. The second-order valence-corrected chi connectivity index (χ2v) is 5.82. The molecule has 0 radical (unpaired) electrons. The molecule has 2 unspecified atom stereocenters. The maximum atomic E-state index is 5.93. The number of piperidine rings is 1. The summed E-state index contributed by atoms with van der Waals surface area (Å²) >= 11 is 0. The van der Waals surface area contributed by atoms with E-state index in [1.165, 1.54) is 32.1 Å². The predicted octanol–water partition coefficient (Wildman–Crippen LogP) is 3.18. The van der Waals surface area contributed by atoms with E-state index in [2.05, 4.69) is 9.88 Å². The van der Waals surface area contributed by atoms with E-state index in [0.717, 1.165) is 35.3 Å². The Kier molecular flexibility index (Phi) is 2.43. The van der Waals surface area contributed by atoms with Gasteiger partial charge in [-0.05, 0) is 49.8 Å². The van der Waals surface area contributed by atoms with Crippen molar-refractivity contribution >= 4 is 22.8 Å². The van der Waals surface area contributed by atoms with Crippen LogP contribution in [0.15, 0.2) is 22.6 Å².